The van der Waals surface area contributed by atoms with E-state index in [9.17, 15) is 13.2 Å². The number of thioether (sulfide) groups is 1. The Morgan fingerprint density at radius 1 is 1.17 bits per heavy atom. The van der Waals surface area contributed by atoms with E-state index in [0.29, 0.717) is 35.3 Å². The first kappa shape index (κ1) is 22.0. The van der Waals surface area contributed by atoms with Gasteiger partial charge in [0.05, 0.1) is 17.7 Å². The Balaban J connectivity index is 1.65. The van der Waals surface area contributed by atoms with Crippen molar-refractivity contribution in [2.45, 2.75) is 29.1 Å². The van der Waals surface area contributed by atoms with Gasteiger partial charge in [0.2, 0.25) is 15.9 Å². The van der Waals surface area contributed by atoms with Crippen LogP contribution in [0.25, 0.3) is 0 Å². The average Bonchev–Trinajstić information content (AvgIpc) is 3.25. The highest BCUT2D eigenvalue weighted by Crippen LogP contribution is 2.30. The number of carbonyl (C=O) groups is 1. The minimum absolute atomic E-state index is 0.158. The Bertz CT molecular complexity index is 959. The monoisotopic (exact) mass is 454 g/mol. The fraction of sp³-hybridized carbons (Fsp3) is 0.350. The van der Waals surface area contributed by atoms with Crippen molar-refractivity contribution in [2.24, 2.45) is 0 Å². The van der Waals surface area contributed by atoms with Crippen LogP contribution in [0.2, 0.25) is 5.02 Å². The number of methoxy groups -OCH3 is 1. The highest BCUT2D eigenvalue weighted by atomic mass is 35.5. The van der Waals surface area contributed by atoms with Crippen molar-refractivity contribution in [1.82, 2.24) is 4.31 Å². The molecule has 0 saturated carbocycles. The first-order chi connectivity index (χ1) is 13.9. The zero-order chi connectivity index (χ0) is 20.9. The SMILES string of the molecule is COc1ccc(S(=O)(=O)N2CCCC2)cc1NC(=O)CCSc1ccc(Cl)cc1. The molecular formula is C20H23ClN2O4S2. The van der Waals surface area contributed by atoms with Crippen LogP contribution in [0, 0.1) is 0 Å². The number of rotatable bonds is 8. The smallest absolute Gasteiger partial charge is 0.243 e. The van der Waals surface area contributed by atoms with Crippen LogP contribution < -0.4 is 10.1 Å². The standard InChI is InChI=1S/C20H23ClN2O4S2/c1-27-19-9-8-17(29(25,26)23-11-2-3-12-23)14-18(19)22-20(24)10-13-28-16-6-4-15(21)5-7-16/h4-9,14H,2-3,10-13H2,1H3,(H,22,24). The molecule has 0 aliphatic carbocycles. The molecule has 0 aromatic heterocycles. The van der Waals surface area contributed by atoms with Crippen LogP contribution in [0.4, 0.5) is 5.69 Å². The maximum Gasteiger partial charge on any atom is 0.243 e. The molecule has 6 nitrogen and oxygen atoms in total. The summed E-state index contributed by atoms with van der Waals surface area (Å²) in [5, 5.41) is 3.45. The first-order valence-electron chi connectivity index (χ1n) is 9.26. The van der Waals surface area contributed by atoms with E-state index in [-0.39, 0.29) is 17.2 Å². The Morgan fingerprint density at radius 2 is 1.86 bits per heavy atom. The quantitative estimate of drug-likeness (QED) is 0.603. The normalized spacial score (nSPS) is 14.7. The molecule has 1 saturated heterocycles. The number of benzene rings is 2. The van der Waals surface area contributed by atoms with Crippen molar-refractivity contribution in [3.8, 4) is 5.75 Å². The van der Waals surface area contributed by atoms with Crippen LogP contribution in [0.3, 0.4) is 0 Å². The lowest BCUT2D eigenvalue weighted by atomic mass is 10.3. The summed E-state index contributed by atoms with van der Waals surface area (Å²) in [7, 11) is -2.08. The van der Waals surface area contributed by atoms with Gasteiger partial charge < -0.3 is 10.1 Å². The second-order valence-electron chi connectivity index (χ2n) is 6.57. The predicted molar refractivity (Wildman–Crippen MR) is 116 cm³/mol. The van der Waals surface area contributed by atoms with Gasteiger partial charge in [-0.25, -0.2) is 8.42 Å². The van der Waals surface area contributed by atoms with Gasteiger partial charge in [0.15, 0.2) is 0 Å². The number of anilines is 1. The number of ether oxygens (including phenoxy) is 1. The van der Waals surface area contributed by atoms with Crippen LogP contribution in [-0.4, -0.2) is 44.6 Å². The summed E-state index contributed by atoms with van der Waals surface area (Å²) in [4.78, 5) is 13.6. The lowest BCUT2D eigenvalue weighted by Crippen LogP contribution is -2.28. The summed E-state index contributed by atoms with van der Waals surface area (Å²) < 4.78 is 32.3. The summed E-state index contributed by atoms with van der Waals surface area (Å²) in [6.45, 7) is 1.05. The van der Waals surface area contributed by atoms with Crippen LogP contribution in [0.1, 0.15) is 19.3 Å². The molecule has 0 atom stereocenters. The van der Waals surface area contributed by atoms with Crippen molar-refractivity contribution in [3.63, 3.8) is 0 Å². The summed E-state index contributed by atoms with van der Waals surface area (Å²) in [6, 6.07) is 12.0. The zero-order valence-electron chi connectivity index (χ0n) is 16.1. The lowest BCUT2D eigenvalue weighted by molar-refractivity contribution is -0.115. The zero-order valence-corrected chi connectivity index (χ0v) is 18.4. The molecule has 9 heteroatoms. The number of hydrogen-bond acceptors (Lipinski definition) is 5. The van der Waals surface area contributed by atoms with Gasteiger partial charge in [0.25, 0.3) is 0 Å². The third-order valence-corrected chi connectivity index (χ3v) is 7.72. The predicted octanol–water partition coefficient (Wildman–Crippen LogP) is 4.25. The average molecular weight is 455 g/mol. The van der Waals surface area contributed by atoms with E-state index in [4.69, 9.17) is 16.3 Å². The third-order valence-electron chi connectivity index (χ3n) is 4.56. The van der Waals surface area contributed by atoms with Gasteiger partial charge in [-0.05, 0) is 55.3 Å². The van der Waals surface area contributed by atoms with Crippen LogP contribution in [0.15, 0.2) is 52.3 Å². The second kappa shape index (κ2) is 9.84. The number of halogens is 1. The maximum absolute atomic E-state index is 12.8. The van der Waals surface area contributed by atoms with E-state index in [1.165, 1.54) is 23.5 Å². The van der Waals surface area contributed by atoms with Crippen molar-refractivity contribution < 1.29 is 17.9 Å². The highest BCUT2D eigenvalue weighted by Gasteiger charge is 2.28. The molecule has 29 heavy (non-hydrogen) atoms. The molecule has 1 amide bonds. The summed E-state index contributed by atoms with van der Waals surface area (Å²) in [5.41, 5.74) is 0.356. The van der Waals surface area contributed by atoms with Gasteiger partial charge in [0, 0.05) is 35.2 Å². The molecule has 1 N–H and O–H groups in total. The summed E-state index contributed by atoms with van der Waals surface area (Å²) in [5.74, 6) is 0.797. The number of carbonyl (C=O) groups excluding carboxylic acids is 1. The first-order valence-corrected chi connectivity index (χ1v) is 12.1. The Kier molecular flexibility index (Phi) is 7.45. The van der Waals surface area contributed by atoms with Crippen LogP contribution >= 0.6 is 23.4 Å². The molecule has 0 unspecified atom stereocenters. The molecule has 156 valence electrons. The van der Waals surface area contributed by atoms with Gasteiger partial charge in [0.1, 0.15) is 5.75 Å². The fourth-order valence-corrected chi connectivity index (χ4v) is 5.55. The molecule has 0 bridgehead atoms. The Hall–Kier alpha value is -1.74. The molecule has 0 radical (unpaired) electrons. The van der Waals surface area contributed by atoms with Crippen molar-refractivity contribution in [1.29, 1.82) is 0 Å². The Labute approximate surface area is 180 Å². The highest BCUT2D eigenvalue weighted by molar-refractivity contribution is 7.99. The molecule has 2 aromatic rings. The fourth-order valence-electron chi connectivity index (χ4n) is 3.03. The maximum atomic E-state index is 12.8. The number of hydrogen-bond donors (Lipinski definition) is 1. The Morgan fingerprint density at radius 3 is 2.52 bits per heavy atom. The van der Waals surface area contributed by atoms with E-state index in [2.05, 4.69) is 5.32 Å². The molecule has 3 rings (SSSR count). The van der Waals surface area contributed by atoms with E-state index in [0.717, 1.165) is 17.7 Å². The summed E-state index contributed by atoms with van der Waals surface area (Å²) >= 11 is 7.42. The summed E-state index contributed by atoms with van der Waals surface area (Å²) in [6.07, 6.45) is 2.01. The van der Waals surface area contributed by atoms with E-state index >= 15 is 0 Å². The lowest BCUT2D eigenvalue weighted by Gasteiger charge is -2.17. The molecule has 2 aromatic carbocycles. The molecule has 1 heterocycles. The topological polar surface area (TPSA) is 75.7 Å². The van der Waals surface area contributed by atoms with Gasteiger partial charge in [-0.15, -0.1) is 11.8 Å². The van der Waals surface area contributed by atoms with E-state index in [1.807, 2.05) is 12.1 Å². The molecule has 0 spiro atoms. The van der Waals surface area contributed by atoms with Gasteiger partial charge in [-0.1, -0.05) is 11.6 Å². The van der Waals surface area contributed by atoms with E-state index in [1.54, 1.807) is 30.0 Å². The number of nitrogens with zero attached hydrogens (tertiary/aromatic N) is 1. The van der Waals surface area contributed by atoms with Crippen LogP contribution in [0.5, 0.6) is 5.75 Å². The minimum atomic E-state index is -3.57. The molecular weight excluding hydrogens is 432 g/mol. The van der Waals surface area contributed by atoms with Gasteiger partial charge >= 0.3 is 0 Å². The molecule has 1 aliphatic heterocycles. The number of nitrogens with one attached hydrogen (secondary N) is 1. The van der Waals surface area contributed by atoms with Crippen molar-refractivity contribution in [3.05, 3.63) is 47.5 Å². The van der Waals surface area contributed by atoms with Gasteiger partial charge in [-0.3, -0.25) is 4.79 Å². The second-order valence-corrected chi connectivity index (χ2v) is 10.1. The van der Waals surface area contributed by atoms with Gasteiger partial charge in [-0.2, -0.15) is 4.31 Å². The molecule has 1 aliphatic rings. The number of sulfonamides is 1. The number of amides is 1. The van der Waals surface area contributed by atoms with Crippen molar-refractivity contribution >= 4 is 45.0 Å². The minimum Gasteiger partial charge on any atom is -0.495 e. The van der Waals surface area contributed by atoms with Crippen LogP contribution in [-0.2, 0) is 14.8 Å². The third kappa shape index (κ3) is 5.66. The molecule has 1 fully saturated rings. The van der Waals surface area contributed by atoms with E-state index < -0.39 is 10.0 Å². The largest absolute Gasteiger partial charge is 0.495 e. The van der Waals surface area contributed by atoms with Crippen molar-refractivity contribution in [2.75, 3.05) is 31.3 Å².